The SMILES string of the molecule is CC1(C)C(=O)N(c2ccc(O)c(Cl)c2)C2(N(c3ccc(O)c(Cl)c3)C(=O)C(C)(C)C2(C)C)C1(C)C. The highest BCUT2D eigenvalue weighted by Gasteiger charge is 2.82. The van der Waals surface area contributed by atoms with E-state index in [2.05, 4.69) is 0 Å². The average molecular weight is 519 g/mol. The number of rotatable bonds is 2. The number of anilines is 2. The number of aromatic hydroxyl groups is 2. The Balaban J connectivity index is 2.19. The Hall–Kier alpha value is -2.44. The van der Waals surface area contributed by atoms with Crippen LogP contribution in [-0.4, -0.2) is 27.7 Å². The molecule has 2 heterocycles. The van der Waals surface area contributed by atoms with E-state index in [9.17, 15) is 19.8 Å². The molecule has 2 aliphatic heterocycles. The lowest BCUT2D eigenvalue weighted by Gasteiger charge is -2.58. The van der Waals surface area contributed by atoms with E-state index >= 15 is 0 Å². The van der Waals surface area contributed by atoms with Gasteiger partial charge in [-0.15, -0.1) is 0 Å². The molecule has 1 spiro atoms. The van der Waals surface area contributed by atoms with Crippen molar-refractivity contribution >= 4 is 46.4 Å². The van der Waals surface area contributed by atoms with Crippen LogP contribution in [0.5, 0.6) is 11.5 Å². The third-order valence-corrected chi connectivity index (χ3v) is 9.98. The molecule has 4 rings (SSSR count). The van der Waals surface area contributed by atoms with E-state index in [-0.39, 0.29) is 33.4 Å². The Morgan fingerprint density at radius 1 is 0.629 bits per heavy atom. The lowest BCUT2D eigenvalue weighted by Crippen LogP contribution is -2.69. The monoisotopic (exact) mass is 518 g/mol. The molecule has 0 bridgehead atoms. The molecule has 0 saturated carbocycles. The number of hydrogen-bond donors (Lipinski definition) is 2. The molecule has 188 valence electrons. The molecule has 2 amide bonds. The first kappa shape index (κ1) is 25.6. The van der Waals surface area contributed by atoms with Crippen LogP contribution in [0.3, 0.4) is 0 Å². The van der Waals surface area contributed by atoms with E-state index in [4.69, 9.17) is 23.2 Å². The molecule has 2 aromatic rings. The predicted molar refractivity (Wildman–Crippen MR) is 139 cm³/mol. The topological polar surface area (TPSA) is 81.1 Å². The highest BCUT2D eigenvalue weighted by molar-refractivity contribution is 6.33. The molecule has 6 nitrogen and oxygen atoms in total. The van der Waals surface area contributed by atoms with Gasteiger partial charge in [0.05, 0.1) is 20.9 Å². The van der Waals surface area contributed by atoms with Crippen molar-refractivity contribution in [3.8, 4) is 11.5 Å². The normalized spacial score (nSPS) is 23.4. The van der Waals surface area contributed by atoms with Crippen LogP contribution in [-0.2, 0) is 9.59 Å². The lowest BCUT2D eigenvalue weighted by atomic mass is 9.53. The second-order valence-electron chi connectivity index (χ2n) is 11.7. The zero-order valence-electron chi connectivity index (χ0n) is 21.3. The molecule has 2 aliphatic rings. The second-order valence-corrected chi connectivity index (χ2v) is 12.5. The summed E-state index contributed by atoms with van der Waals surface area (Å²) in [5.74, 6) is -0.534. The molecule has 8 heteroatoms. The van der Waals surface area contributed by atoms with Gasteiger partial charge >= 0.3 is 0 Å². The van der Waals surface area contributed by atoms with E-state index in [1.165, 1.54) is 12.1 Å². The number of halogens is 2. The Morgan fingerprint density at radius 2 is 0.943 bits per heavy atom. The van der Waals surface area contributed by atoms with Crippen LogP contribution in [0.25, 0.3) is 0 Å². The van der Waals surface area contributed by atoms with Gasteiger partial charge in [-0.25, -0.2) is 0 Å². The van der Waals surface area contributed by atoms with Gasteiger partial charge in [-0.2, -0.15) is 0 Å². The van der Waals surface area contributed by atoms with Gasteiger partial charge in [-0.3, -0.25) is 19.4 Å². The minimum absolute atomic E-state index is 0.0982. The van der Waals surface area contributed by atoms with Crippen molar-refractivity contribution in [2.75, 3.05) is 9.80 Å². The molecule has 2 N–H and O–H groups in total. The number of hydrogen-bond acceptors (Lipinski definition) is 4. The fraction of sp³-hybridized carbons (Fsp3) is 0.481. The smallest absolute Gasteiger partial charge is 0.235 e. The van der Waals surface area contributed by atoms with Gasteiger partial charge in [0.25, 0.3) is 0 Å². The van der Waals surface area contributed by atoms with Crippen LogP contribution in [0, 0.1) is 21.7 Å². The molecule has 2 aromatic carbocycles. The average Bonchev–Trinajstić information content (AvgIpc) is 2.96. The maximum absolute atomic E-state index is 14.3. The van der Waals surface area contributed by atoms with Gasteiger partial charge in [0.15, 0.2) is 0 Å². The van der Waals surface area contributed by atoms with Crippen molar-refractivity contribution < 1.29 is 19.8 Å². The second kappa shape index (κ2) is 7.30. The number of carbonyl (C=O) groups excluding carboxylic acids is 2. The van der Waals surface area contributed by atoms with Crippen molar-refractivity contribution in [1.82, 2.24) is 0 Å². The van der Waals surface area contributed by atoms with Gasteiger partial charge in [-0.1, -0.05) is 78.6 Å². The summed E-state index contributed by atoms with van der Waals surface area (Å²) in [6.07, 6.45) is 0. The van der Waals surface area contributed by atoms with Crippen LogP contribution in [0.2, 0.25) is 10.0 Å². The first-order chi connectivity index (χ1) is 15.9. The van der Waals surface area contributed by atoms with E-state index in [1.807, 2.05) is 55.4 Å². The minimum atomic E-state index is -1.21. The predicted octanol–water partition coefficient (Wildman–Crippen LogP) is 6.60. The number of phenolic OH excluding ortho intramolecular Hbond substituents is 2. The number of amides is 2. The quantitative estimate of drug-likeness (QED) is 0.469. The molecule has 0 aromatic heterocycles. The largest absolute Gasteiger partial charge is 0.506 e. The van der Waals surface area contributed by atoms with E-state index in [1.54, 1.807) is 34.1 Å². The molecular weight excluding hydrogens is 487 g/mol. The first-order valence-corrected chi connectivity index (χ1v) is 12.3. The summed E-state index contributed by atoms with van der Waals surface area (Å²) in [6.45, 7) is 15.6. The van der Waals surface area contributed by atoms with Crippen molar-refractivity contribution in [2.24, 2.45) is 21.7 Å². The standard InChI is InChI=1S/C27H32Cl2N2O4/c1-23(2)21(34)30(15-9-11-19(32)17(28)13-15)27(25(23,5)6)26(7,8)24(3,4)22(35)31(27)16-10-12-20(33)18(29)14-16/h9-14,32-33H,1-8H3. The Labute approximate surface area is 216 Å². The van der Waals surface area contributed by atoms with Crippen LogP contribution < -0.4 is 9.80 Å². The highest BCUT2D eigenvalue weighted by Crippen LogP contribution is 2.72. The molecule has 35 heavy (non-hydrogen) atoms. The zero-order chi connectivity index (χ0) is 26.5. The highest BCUT2D eigenvalue weighted by atomic mass is 35.5. The fourth-order valence-corrected chi connectivity index (χ4v) is 6.49. The summed E-state index contributed by atoms with van der Waals surface area (Å²) in [5, 5.41) is 20.4. The van der Waals surface area contributed by atoms with Gasteiger partial charge in [0.1, 0.15) is 17.2 Å². The number of phenols is 2. The molecule has 2 fully saturated rings. The maximum atomic E-state index is 14.3. The Bertz CT molecular complexity index is 1170. The summed E-state index contributed by atoms with van der Waals surface area (Å²) >= 11 is 12.6. The van der Waals surface area contributed by atoms with Crippen LogP contribution in [0.1, 0.15) is 55.4 Å². The third kappa shape index (κ3) is 2.78. The van der Waals surface area contributed by atoms with Crippen LogP contribution in [0.15, 0.2) is 36.4 Å². The Kier molecular flexibility index (Phi) is 5.35. The summed E-state index contributed by atoms with van der Waals surface area (Å²) in [7, 11) is 0. The number of benzene rings is 2. The summed E-state index contributed by atoms with van der Waals surface area (Å²) in [4.78, 5) is 32.0. The van der Waals surface area contributed by atoms with E-state index in [0.717, 1.165) is 0 Å². The van der Waals surface area contributed by atoms with Gasteiger partial charge in [-0.05, 0) is 36.4 Å². The van der Waals surface area contributed by atoms with Crippen LogP contribution in [0.4, 0.5) is 11.4 Å². The Morgan fingerprint density at radius 3 is 1.23 bits per heavy atom. The molecule has 0 unspecified atom stereocenters. The fourth-order valence-electron chi connectivity index (χ4n) is 6.14. The number of nitrogens with zero attached hydrogens (tertiary/aromatic N) is 2. The molecule has 2 saturated heterocycles. The first-order valence-electron chi connectivity index (χ1n) is 11.6. The van der Waals surface area contributed by atoms with Crippen molar-refractivity contribution in [3.05, 3.63) is 46.4 Å². The number of carbonyl (C=O) groups is 2. The molecule has 0 atom stereocenters. The van der Waals surface area contributed by atoms with Gasteiger partial charge in [0, 0.05) is 22.2 Å². The molecular formula is C27H32Cl2N2O4. The minimum Gasteiger partial charge on any atom is -0.506 e. The molecule has 0 aliphatic carbocycles. The van der Waals surface area contributed by atoms with Crippen LogP contribution >= 0.6 is 23.2 Å². The van der Waals surface area contributed by atoms with E-state index < -0.39 is 27.3 Å². The van der Waals surface area contributed by atoms with E-state index in [0.29, 0.717) is 11.4 Å². The van der Waals surface area contributed by atoms with Crippen molar-refractivity contribution in [1.29, 1.82) is 0 Å². The third-order valence-electron chi connectivity index (χ3n) is 9.37. The lowest BCUT2D eigenvalue weighted by molar-refractivity contribution is -0.127. The van der Waals surface area contributed by atoms with Gasteiger partial charge < -0.3 is 10.2 Å². The van der Waals surface area contributed by atoms with Gasteiger partial charge in [0.2, 0.25) is 11.8 Å². The molecule has 0 radical (unpaired) electrons. The summed E-state index contributed by atoms with van der Waals surface area (Å²) < 4.78 is 0. The maximum Gasteiger partial charge on any atom is 0.235 e. The summed E-state index contributed by atoms with van der Waals surface area (Å²) in [6, 6.07) is 9.31. The van der Waals surface area contributed by atoms with Crippen molar-refractivity contribution in [3.63, 3.8) is 0 Å². The summed E-state index contributed by atoms with van der Waals surface area (Å²) in [5.41, 5.74) is -3.63. The van der Waals surface area contributed by atoms with Crippen molar-refractivity contribution in [2.45, 2.75) is 61.1 Å². The zero-order valence-corrected chi connectivity index (χ0v) is 22.8.